The van der Waals surface area contributed by atoms with Crippen LogP contribution in [-0.2, 0) is 6.54 Å². The number of fused-ring (bicyclic) bond motifs is 1. The molecule has 2 N–H and O–H groups in total. The quantitative estimate of drug-likeness (QED) is 0.773. The van der Waals surface area contributed by atoms with E-state index in [-0.39, 0.29) is 11.3 Å². The van der Waals surface area contributed by atoms with Crippen LogP contribution in [0, 0.1) is 0 Å². The van der Waals surface area contributed by atoms with Crippen LogP contribution in [0.1, 0.15) is 6.92 Å². The predicted octanol–water partition coefficient (Wildman–Crippen LogP) is 0.971. The molecule has 0 spiro atoms. The van der Waals surface area contributed by atoms with Crippen LogP contribution < -0.4 is 10.1 Å². The van der Waals surface area contributed by atoms with E-state index in [9.17, 15) is 5.11 Å². The molecule has 2 aromatic heterocycles. The molecular formula is C12H16ClN5O2. The lowest BCUT2D eigenvalue weighted by molar-refractivity contribution is 0.141. The van der Waals surface area contributed by atoms with E-state index in [1.54, 1.807) is 17.8 Å². The van der Waals surface area contributed by atoms with Gasteiger partial charge in [-0.15, -0.1) is 0 Å². The van der Waals surface area contributed by atoms with Crippen LogP contribution in [-0.4, -0.2) is 44.1 Å². The molecule has 20 heavy (non-hydrogen) atoms. The van der Waals surface area contributed by atoms with Crippen LogP contribution in [0.15, 0.2) is 19.0 Å². The zero-order valence-electron chi connectivity index (χ0n) is 11.2. The standard InChI is InChI=1S/C12H16ClN5O2/c1-4-14-9(7(2)19)6-18-10-8(5-15-18)16-12(13)17-11(10)20-3/h4-5,7,9,14,19H,1,6H2,2-3H3. The third-order valence-electron chi connectivity index (χ3n) is 2.91. The summed E-state index contributed by atoms with van der Waals surface area (Å²) in [5, 5.41) is 17.1. The van der Waals surface area contributed by atoms with Gasteiger partial charge in [-0.1, -0.05) is 6.58 Å². The molecule has 2 rings (SSSR count). The Kier molecular flexibility index (Phi) is 4.41. The van der Waals surface area contributed by atoms with Crippen LogP contribution in [0.2, 0.25) is 5.28 Å². The van der Waals surface area contributed by atoms with Crippen molar-refractivity contribution in [2.75, 3.05) is 7.11 Å². The number of hydrogen-bond acceptors (Lipinski definition) is 6. The van der Waals surface area contributed by atoms with E-state index in [4.69, 9.17) is 16.3 Å². The fourth-order valence-electron chi connectivity index (χ4n) is 1.90. The number of aromatic nitrogens is 4. The highest BCUT2D eigenvalue weighted by Crippen LogP contribution is 2.23. The third-order valence-corrected chi connectivity index (χ3v) is 3.08. The van der Waals surface area contributed by atoms with Crippen molar-refractivity contribution in [1.82, 2.24) is 25.1 Å². The molecule has 0 fully saturated rings. The van der Waals surface area contributed by atoms with Gasteiger partial charge >= 0.3 is 0 Å². The second-order valence-corrected chi connectivity index (χ2v) is 4.62. The molecule has 8 heteroatoms. The first-order valence-electron chi connectivity index (χ1n) is 6.05. The van der Waals surface area contributed by atoms with Gasteiger partial charge in [0, 0.05) is 0 Å². The summed E-state index contributed by atoms with van der Waals surface area (Å²) >= 11 is 5.81. The highest BCUT2D eigenvalue weighted by molar-refractivity contribution is 6.28. The Balaban J connectivity index is 2.42. The van der Waals surface area contributed by atoms with Crippen molar-refractivity contribution in [2.24, 2.45) is 0 Å². The van der Waals surface area contributed by atoms with Gasteiger partial charge in [-0.3, -0.25) is 4.68 Å². The van der Waals surface area contributed by atoms with E-state index in [0.29, 0.717) is 23.5 Å². The molecule has 2 unspecified atom stereocenters. The van der Waals surface area contributed by atoms with E-state index in [0.717, 1.165) is 0 Å². The number of ether oxygens (including phenoxy) is 1. The third kappa shape index (κ3) is 2.83. The Morgan fingerprint density at radius 1 is 1.60 bits per heavy atom. The van der Waals surface area contributed by atoms with E-state index < -0.39 is 6.10 Å². The molecule has 0 aliphatic rings. The average molecular weight is 298 g/mol. The number of aliphatic hydroxyl groups is 1. The zero-order valence-corrected chi connectivity index (χ0v) is 12.0. The van der Waals surface area contributed by atoms with Gasteiger partial charge in [-0.25, -0.2) is 4.98 Å². The molecule has 0 aromatic carbocycles. The molecule has 0 saturated heterocycles. The zero-order chi connectivity index (χ0) is 14.7. The predicted molar refractivity (Wildman–Crippen MR) is 75.7 cm³/mol. The minimum atomic E-state index is -0.577. The van der Waals surface area contributed by atoms with Crippen molar-refractivity contribution in [3.8, 4) is 5.88 Å². The van der Waals surface area contributed by atoms with Crippen LogP contribution >= 0.6 is 11.6 Å². The molecule has 0 radical (unpaired) electrons. The van der Waals surface area contributed by atoms with E-state index in [1.165, 1.54) is 13.3 Å². The Labute approximate surface area is 121 Å². The normalized spacial score (nSPS) is 14.0. The summed E-state index contributed by atoms with van der Waals surface area (Å²) in [6.45, 7) is 5.70. The van der Waals surface area contributed by atoms with Gasteiger partial charge in [0.1, 0.15) is 11.0 Å². The number of methoxy groups -OCH3 is 1. The van der Waals surface area contributed by atoms with Crippen molar-refractivity contribution in [1.29, 1.82) is 0 Å². The van der Waals surface area contributed by atoms with Gasteiger partial charge in [0.15, 0.2) is 0 Å². The average Bonchev–Trinajstić information content (AvgIpc) is 2.80. The van der Waals surface area contributed by atoms with Crippen molar-refractivity contribution in [2.45, 2.75) is 25.6 Å². The molecule has 0 aliphatic heterocycles. The van der Waals surface area contributed by atoms with Crippen LogP contribution in [0.5, 0.6) is 5.88 Å². The molecule has 0 aliphatic carbocycles. The first-order chi connectivity index (χ1) is 9.56. The van der Waals surface area contributed by atoms with Gasteiger partial charge in [0.25, 0.3) is 0 Å². The molecule has 2 heterocycles. The van der Waals surface area contributed by atoms with Crippen LogP contribution in [0.4, 0.5) is 0 Å². The number of hydrogen-bond donors (Lipinski definition) is 2. The molecular weight excluding hydrogens is 282 g/mol. The SMILES string of the molecule is C=CNC(Cn1ncc2nc(Cl)nc(OC)c21)C(C)O. The van der Waals surface area contributed by atoms with E-state index >= 15 is 0 Å². The van der Waals surface area contributed by atoms with Crippen LogP contribution in [0.25, 0.3) is 11.0 Å². The molecule has 2 atom stereocenters. The van der Waals surface area contributed by atoms with Gasteiger partial charge < -0.3 is 15.2 Å². The van der Waals surface area contributed by atoms with Gasteiger partial charge in [0.2, 0.25) is 11.2 Å². The summed E-state index contributed by atoms with van der Waals surface area (Å²) in [5.41, 5.74) is 1.22. The molecule has 2 aromatic rings. The Morgan fingerprint density at radius 3 is 2.95 bits per heavy atom. The van der Waals surface area contributed by atoms with Gasteiger partial charge in [-0.2, -0.15) is 10.1 Å². The van der Waals surface area contributed by atoms with Crippen molar-refractivity contribution in [3.63, 3.8) is 0 Å². The first-order valence-corrected chi connectivity index (χ1v) is 6.42. The Hall–Kier alpha value is -1.86. The number of aliphatic hydroxyl groups excluding tert-OH is 1. The maximum Gasteiger partial charge on any atom is 0.244 e. The monoisotopic (exact) mass is 297 g/mol. The van der Waals surface area contributed by atoms with Crippen molar-refractivity contribution < 1.29 is 9.84 Å². The summed E-state index contributed by atoms with van der Waals surface area (Å²) in [6.07, 6.45) is 2.54. The molecule has 0 saturated carbocycles. The summed E-state index contributed by atoms with van der Waals surface area (Å²) in [5.74, 6) is 0.348. The van der Waals surface area contributed by atoms with Crippen molar-refractivity contribution >= 4 is 22.6 Å². The maximum absolute atomic E-state index is 9.75. The molecule has 0 amide bonds. The fourth-order valence-corrected chi connectivity index (χ4v) is 2.07. The van der Waals surface area contributed by atoms with Gasteiger partial charge in [0.05, 0.1) is 32.0 Å². The molecule has 108 valence electrons. The summed E-state index contributed by atoms with van der Waals surface area (Å²) < 4.78 is 6.87. The highest BCUT2D eigenvalue weighted by Gasteiger charge is 2.19. The Morgan fingerprint density at radius 2 is 2.35 bits per heavy atom. The van der Waals surface area contributed by atoms with Crippen LogP contribution in [0.3, 0.4) is 0 Å². The lowest BCUT2D eigenvalue weighted by Crippen LogP contribution is -2.39. The number of nitrogens with one attached hydrogen (secondary N) is 1. The Bertz CT molecular complexity index is 613. The lowest BCUT2D eigenvalue weighted by Gasteiger charge is -2.20. The van der Waals surface area contributed by atoms with E-state index in [2.05, 4.69) is 27.0 Å². The topological polar surface area (TPSA) is 85.1 Å². The largest absolute Gasteiger partial charge is 0.479 e. The molecule has 0 bridgehead atoms. The summed E-state index contributed by atoms with van der Waals surface area (Å²) in [7, 11) is 1.50. The number of halogens is 1. The minimum absolute atomic E-state index is 0.102. The minimum Gasteiger partial charge on any atom is -0.479 e. The lowest BCUT2D eigenvalue weighted by atomic mass is 10.2. The van der Waals surface area contributed by atoms with E-state index in [1.807, 2.05) is 0 Å². The summed E-state index contributed by atoms with van der Waals surface area (Å²) in [4.78, 5) is 8.11. The van der Waals surface area contributed by atoms with Crippen molar-refractivity contribution in [3.05, 3.63) is 24.3 Å². The van der Waals surface area contributed by atoms with Gasteiger partial charge in [-0.05, 0) is 24.7 Å². The first kappa shape index (κ1) is 14.5. The summed E-state index contributed by atoms with van der Waals surface area (Å²) in [6, 6.07) is -0.240. The maximum atomic E-state index is 9.75. The second kappa shape index (κ2) is 6.06. The fraction of sp³-hybridized carbons (Fsp3) is 0.417. The smallest absolute Gasteiger partial charge is 0.244 e. The highest BCUT2D eigenvalue weighted by atomic mass is 35.5. The number of nitrogens with zero attached hydrogens (tertiary/aromatic N) is 4. The molecule has 7 nitrogen and oxygen atoms in total. The second-order valence-electron chi connectivity index (χ2n) is 4.28. The number of rotatable bonds is 6.